The van der Waals surface area contributed by atoms with Gasteiger partial charge >= 0.3 is 5.97 Å². The van der Waals surface area contributed by atoms with E-state index in [1.807, 2.05) is 0 Å². The third kappa shape index (κ3) is 2.51. The van der Waals surface area contributed by atoms with Gasteiger partial charge in [0.15, 0.2) is 0 Å². The van der Waals surface area contributed by atoms with Gasteiger partial charge in [0.2, 0.25) is 0 Å². The van der Waals surface area contributed by atoms with Crippen molar-refractivity contribution in [3.63, 3.8) is 0 Å². The summed E-state index contributed by atoms with van der Waals surface area (Å²) in [5.74, 6) is -1.21. The number of hydrogen-bond donors (Lipinski definition) is 2. The van der Waals surface area contributed by atoms with E-state index >= 15 is 0 Å². The van der Waals surface area contributed by atoms with Crippen LogP contribution in [-0.2, 0) is 4.79 Å². The molecule has 0 amide bonds. The Morgan fingerprint density at radius 1 is 1.56 bits per heavy atom. The van der Waals surface area contributed by atoms with E-state index in [0.717, 1.165) is 0 Å². The standard InChI is InChI=1S/C12H16FNO2/c1-4-12(3,11(15)16)14-9-5-6-10(13)8(2)7-9/h5-7,14H,4H2,1-3H3,(H,15,16). The minimum Gasteiger partial charge on any atom is -0.480 e. The third-order valence-electron chi connectivity index (χ3n) is 2.76. The average Bonchev–Trinajstić information content (AvgIpc) is 2.23. The second-order valence-corrected chi connectivity index (χ2v) is 4.08. The number of benzene rings is 1. The van der Waals surface area contributed by atoms with E-state index in [1.165, 1.54) is 6.07 Å². The molecular formula is C12H16FNO2. The molecule has 0 bridgehead atoms. The number of aryl methyl sites for hydroxylation is 1. The molecule has 1 aromatic carbocycles. The summed E-state index contributed by atoms with van der Waals surface area (Å²) in [5.41, 5.74) is 0.0871. The Morgan fingerprint density at radius 2 is 2.19 bits per heavy atom. The summed E-state index contributed by atoms with van der Waals surface area (Å²) in [6.45, 7) is 5.04. The second kappa shape index (κ2) is 4.51. The zero-order chi connectivity index (χ0) is 12.3. The van der Waals surface area contributed by atoms with Gasteiger partial charge in [0.25, 0.3) is 0 Å². The first kappa shape index (κ1) is 12.5. The molecule has 1 atom stereocenters. The fourth-order valence-corrected chi connectivity index (χ4v) is 1.33. The molecule has 0 aliphatic rings. The van der Waals surface area contributed by atoms with Crippen molar-refractivity contribution in [2.24, 2.45) is 0 Å². The van der Waals surface area contributed by atoms with Gasteiger partial charge in [-0.15, -0.1) is 0 Å². The van der Waals surface area contributed by atoms with E-state index in [-0.39, 0.29) is 5.82 Å². The van der Waals surface area contributed by atoms with E-state index in [1.54, 1.807) is 32.9 Å². The summed E-state index contributed by atoms with van der Waals surface area (Å²) in [6.07, 6.45) is 0.443. The van der Waals surface area contributed by atoms with E-state index in [2.05, 4.69) is 5.32 Å². The number of carbonyl (C=O) groups is 1. The Morgan fingerprint density at radius 3 is 2.62 bits per heavy atom. The summed E-state index contributed by atoms with van der Waals surface area (Å²) in [7, 11) is 0. The van der Waals surface area contributed by atoms with Gasteiger partial charge in [-0.2, -0.15) is 0 Å². The maximum Gasteiger partial charge on any atom is 0.329 e. The largest absolute Gasteiger partial charge is 0.480 e. The maximum atomic E-state index is 13.0. The lowest BCUT2D eigenvalue weighted by atomic mass is 9.98. The highest BCUT2D eigenvalue weighted by Crippen LogP contribution is 2.20. The van der Waals surface area contributed by atoms with Crippen LogP contribution >= 0.6 is 0 Å². The summed E-state index contributed by atoms with van der Waals surface area (Å²) < 4.78 is 13.0. The second-order valence-electron chi connectivity index (χ2n) is 4.08. The Bertz CT molecular complexity index is 406. The van der Waals surface area contributed by atoms with Crippen LogP contribution < -0.4 is 5.32 Å². The minimum absolute atomic E-state index is 0.293. The molecule has 0 aliphatic carbocycles. The first-order chi connectivity index (χ1) is 7.39. The molecule has 0 aromatic heterocycles. The minimum atomic E-state index is -1.02. The van der Waals surface area contributed by atoms with Crippen LogP contribution in [-0.4, -0.2) is 16.6 Å². The van der Waals surface area contributed by atoms with Gasteiger partial charge in [0.1, 0.15) is 11.4 Å². The third-order valence-corrected chi connectivity index (χ3v) is 2.76. The molecule has 1 rings (SSSR count). The number of hydrogen-bond acceptors (Lipinski definition) is 2. The molecule has 1 unspecified atom stereocenters. The zero-order valence-corrected chi connectivity index (χ0v) is 9.67. The van der Waals surface area contributed by atoms with Crippen molar-refractivity contribution < 1.29 is 14.3 Å². The van der Waals surface area contributed by atoms with E-state index in [0.29, 0.717) is 17.7 Å². The van der Waals surface area contributed by atoms with Crippen LogP contribution in [0, 0.1) is 12.7 Å². The topological polar surface area (TPSA) is 49.3 Å². The summed E-state index contributed by atoms with van der Waals surface area (Å²) in [6, 6.07) is 4.47. The quantitative estimate of drug-likeness (QED) is 0.828. The predicted octanol–water partition coefficient (Wildman–Crippen LogP) is 2.80. The van der Waals surface area contributed by atoms with E-state index in [9.17, 15) is 9.18 Å². The summed E-state index contributed by atoms with van der Waals surface area (Å²) in [5, 5.41) is 12.0. The Balaban J connectivity index is 2.95. The number of anilines is 1. The fourth-order valence-electron chi connectivity index (χ4n) is 1.33. The van der Waals surface area contributed by atoms with Gasteiger partial charge in [-0.05, 0) is 44.0 Å². The van der Waals surface area contributed by atoms with Crippen LogP contribution in [0.15, 0.2) is 18.2 Å². The van der Waals surface area contributed by atoms with Crippen molar-refractivity contribution in [3.8, 4) is 0 Å². The van der Waals surface area contributed by atoms with Gasteiger partial charge in [-0.3, -0.25) is 0 Å². The van der Waals surface area contributed by atoms with Crippen LogP contribution in [0.5, 0.6) is 0 Å². The molecule has 0 radical (unpaired) electrons. The van der Waals surface area contributed by atoms with Crippen LogP contribution in [0.25, 0.3) is 0 Å². The Kier molecular flexibility index (Phi) is 3.52. The number of aliphatic carboxylic acids is 1. The molecule has 2 N–H and O–H groups in total. The SMILES string of the molecule is CCC(C)(Nc1ccc(F)c(C)c1)C(=O)O. The van der Waals surface area contributed by atoms with Crippen molar-refractivity contribution in [1.82, 2.24) is 0 Å². The van der Waals surface area contributed by atoms with Crippen molar-refractivity contribution in [2.75, 3.05) is 5.32 Å². The normalized spacial score (nSPS) is 14.2. The zero-order valence-electron chi connectivity index (χ0n) is 9.67. The number of carboxylic acids is 1. The van der Waals surface area contributed by atoms with Crippen LogP contribution in [0.2, 0.25) is 0 Å². The molecule has 0 saturated carbocycles. The molecule has 88 valence electrons. The summed E-state index contributed by atoms with van der Waals surface area (Å²) >= 11 is 0. The smallest absolute Gasteiger partial charge is 0.329 e. The lowest BCUT2D eigenvalue weighted by Crippen LogP contribution is -2.42. The highest BCUT2D eigenvalue weighted by molar-refractivity contribution is 5.82. The van der Waals surface area contributed by atoms with Crippen LogP contribution in [0.4, 0.5) is 10.1 Å². The molecule has 0 fully saturated rings. The number of halogens is 1. The number of carboxylic acid groups (broad SMARTS) is 1. The molecule has 0 heterocycles. The maximum absolute atomic E-state index is 13.0. The van der Waals surface area contributed by atoms with Crippen molar-refractivity contribution in [1.29, 1.82) is 0 Å². The summed E-state index contributed by atoms with van der Waals surface area (Å²) in [4.78, 5) is 11.1. The average molecular weight is 225 g/mol. The van der Waals surface area contributed by atoms with Crippen molar-refractivity contribution in [3.05, 3.63) is 29.6 Å². The molecule has 4 heteroatoms. The number of nitrogens with one attached hydrogen (secondary N) is 1. The predicted molar refractivity (Wildman–Crippen MR) is 61.1 cm³/mol. The van der Waals surface area contributed by atoms with Gasteiger partial charge in [0.05, 0.1) is 0 Å². The lowest BCUT2D eigenvalue weighted by molar-refractivity contribution is -0.141. The Labute approximate surface area is 94.3 Å². The molecule has 16 heavy (non-hydrogen) atoms. The molecule has 1 aromatic rings. The van der Waals surface area contributed by atoms with Gasteiger partial charge in [0, 0.05) is 5.69 Å². The highest BCUT2D eigenvalue weighted by Gasteiger charge is 2.30. The van der Waals surface area contributed by atoms with E-state index in [4.69, 9.17) is 5.11 Å². The van der Waals surface area contributed by atoms with Crippen LogP contribution in [0.1, 0.15) is 25.8 Å². The Hall–Kier alpha value is -1.58. The highest BCUT2D eigenvalue weighted by atomic mass is 19.1. The molecule has 0 spiro atoms. The molecule has 3 nitrogen and oxygen atoms in total. The van der Waals surface area contributed by atoms with Gasteiger partial charge in [-0.1, -0.05) is 6.92 Å². The number of rotatable bonds is 4. The first-order valence-electron chi connectivity index (χ1n) is 5.17. The molecular weight excluding hydrogens is 209 g/mol. The molecule has 0 saturated heterocycles. The van der Waals surface area contributed by atoms with Gasteiger partial charge < -0.3 is 10.4 Å². The lowest BCUT2D eigenvalue weighted by Gasteiger charge is -2.26. The monoisotopic (exact) mass is 225 g/mol. The van der Waals surface area contributed by atoms with E-state index < -0.39 is 11.5 Å². The molecule has 0 aliphatic heterocycles. The van der Waals surface area contributed by atoms with Crippen molar-refractivity contribution >= 4 is 11.7 Å². The van der Waals surface area contributed by atoms with Crippen molar-refractivity contribution in [2.45, 2.75) is 32.7 Å². The fraction of sp³-hybridized carbons (Fsp3) is 0.417. The van der Waals surface area contributed by atoms with Gasteiger partial charge in [-0.25, -0.2) is 9.18 Å². The first-order valence-corrected chi connectivity index (χ1v) is 5.17. The van der Waals surface area contributed by atoms with Crippen LogP contribution in [0.3, 0.4) is 0 Å².